The van der Waals surface area contributed by atoms with Gasteiger partial charge in [-0.1, -0.05) is 38.8 Å². The summed E-state index contributed by atoms with van der Waals surface area (Å²) in [7, 11) is 0. The first-order valence-electron chi connectivity index (χ1n) is 7.38. The van der Waals surface area contributed by atoms with Crippen molar-refractivity contribution in [2.75, 3.05) is 5.32 Å². The molecule has 2 rings (SSSR count). The van der Waals surface area contributed by atoms with E-state index >= 15 is 0 Å². The number of nitrogens with zero attached hydrogens (tertiary/aromatic N) is 2. The molecule has 0 spiro atoms. The molecule has 0 saturated heterocycles. The number of aromatic nitrogens is 2. The zero-order valence-electron chi connectivity index (χ0n) is 12.1. The lowest BCUT2D eigenvalue weighted by atomic mass is 9.84. The third kappa shape index (κ3) is 3.59. The molecule has 106 valence electrons. The Bertz CT molecular complexity index is 412. The Labute approximate surface area is 121 Å². The van der Waals surface area contributed by atoms with Gasteiger partial charge in [0.05, 0.1) is 0 Å². The summed E-state index contributed by atoms with van der Waals surface area (Å²) in [5.74, 6) is 2.18. The van der Waals surface area contributed by atoms with Gasteiger partial charge in [0.1, 0.15) is 17.3 Å². The van der Waals surface area contributed by atoms with Crippen LogP contribution in [0.25, 0.3) is 0 Å². The first-order valence-corrected chi connectivity index (χ1v) is 7.76. The Hall–Kier alpha value is -0.830. The summed E-state index contributed by atoms with van der Waals surface area (Å²) in [6, 6.07) is 0.534. The number of hydrogen-bond acceptors (Lipinski definition) is 3. The molecule has 0 bridgehead atoms. The Morgan fingerprint density at radius 2 is 1.95 bits per heavy atom. The van der Waals surface area contributed by atoms with Crippen molar-refractivity contribution in [2.24, 2.45) is 5.92 Å². The maximum absolute atomic E-state index is 6.20. The number of nitrogens with one attached hydrogen (secondary N) is 1. The molecule has 0 aliphatic heterocycles. The Morgan fingerprint density at radius 1 is 1.26 bits per heavy atom. The molecule has 1 aromatic heterocycles. The highest BCUT2D eigenvalue weighted by Crippen LogP contribution is 2.32. The second-order valence-electron chi connectivity index (χ2n) is 5.85. The molecule has 1 saturated carbocycles. The molecule has 3 nitrogen and oxygen atoms in total. The van der Waals surface area contributed by atoms with Crippen LogP contribution < -0.4 is 5.32 Å². The highest BCUT2D eigenvalue weighted by Gasteiger charge is 2.22. The Balaban J connectivity index is 2.06. The monoisotopic (exact) mass is 281 g/mol. The highest BCUT2D eigenvalue weighted by atomic mass is 35.5. The zero-order valence-corrected chi connectivity index (χ0v) is 12.9. The van der Waals surface area contributed by atoms with E-state index in [1.807, 2.05) is 0 Å². The molecule has 0 aromatic carbocycles. The fourth-order valence-corrected chi connectivity index (χ4v) is 3.26. The molecule has 1 aliphatic rings. The van der Waals surface area contributed by atoms with Crippen molar-refractivity contribution in [1.82, 2.24) is 9.97 Å². The van der Waals surface area contributed by atoms with E-state index in [1.54, 1.807) is 6.33 Å². The molecule has 0 atom stereocenters. The lowest BCUT2D eigenvalue weighted by Crippen LogP contribution is -2.27. The van der Waals surface area contributed by atoms with Crippen LogP contribution in [-0.4, -0.2) is 16.0 Å². The van der Waals surface area contributed by atoms with Gasteiger partial charge in [0.15, 0.2) is 0 Å². The summed E-state index contributed by atoms with van der Waals surface area (Å²) in [6.45, 7) is 6.55. The number of hydrogen-bond donors (Lipinski definition) is 1. The predicted octanol–water partition coefficient (Wildman–Crippen LogP) is 4.63. The van der Waals surface area contributed by atoms with E-state index in [2.05, 4.69) is 36.1 Å². The summed E-state index contributed by atoms with van der Waals surface area (Å²) in [5, 5.41) is 4.16. The van der Waals surface area contributed by atoms with Crippen molar-refractivity contribution in [3.63, 3.8) is 0 Å². The van der Waals surface area contributed by atoms with E-state index in [-0.39, 0.29) is 0 Å². The van der Waals surface area contributed by atoms with Crippen LogP contribution in [0.15, 0.2) is 6.33 Å². The summed E-state index contributed by atoms with van der Waals surface area (Å²) in [4.78, 5) is 8.48. The number of halogens is 1. The van der Waals surface area contributed by atoms with Crippen molar-refractivity contribution in [3.05, 3.63) is 17.0 Å². The SMILES string of the molecule is CCC1CCC(Nc2ncnc(Cl)c2C(C)C)CC1. The third-order valence-electron chi connectivity index (χ3n) is 4.18. The second-order valence-corrected chi connectivity index (χ2v) is 6.21. The lowest BCUT2D eigenvalue weighted by Gasteiger charge is -2.29. The smallest absolute Gasteiger partial charge is 0.138 e. The normalized spacial score (nSPS) is 23.6. The van der Waals surface area contributed by atoms with E-state index in [9.17, 15) is 0 Å². The van der Waals surface area contributed by atoms with Crippen LogP contribution in [0.3, 0.4) is 0 Å². The number of rotatable bonds is 4. The molecule has 1 N–H and O–H groups in total. The van der Waals surface area contributed by atoms with Gasteiger partial charge in [0.25, 0.3) is 0 Å². The van der Waals surface area contributed by atoms with Gasteiger partial charge in [-0.15, -0.1) is 0 Å². The molecule has 0 radical (unpaired) electrons. The van der Waals surface area contributed by atoms with Crippen molar-refractivity contribution >= 4 is 17.4 Å². The highest BCUT2D eigenvalue weighted by molar-refractivity contribution is 6.30. The van der Waals surface area contributed by atoms with Crippen LogP contribution in [-0.2, 0) is 0 Å². The van der Waals surface area contributed by atoms with Crippen LogP contribution in [0.1, 0.15) is 64.4 Å². The van der Waals surface area contributed by atoms with Gasteiger partial charge in [0, 0.05) is 11.6 Å². The lowest BCUT2D eigenvalue weighted by molar-refractivity contribution is 0.329. The van der Waals surface area contributed by atoms with Gasteiger partial charge in [-0.25, -0.2) is 9.97 Å². The molecule has 19 heavy (non-hydrogen) atoms. The zero-order chi connectivity index (χ0) is 13.8. The fraction of sp³-hybridized carbons (Fsp3) is 0.733. The third-order valence-corrected chi connectivity index (χ3v) is 4.48. The second kappa shape index (κ2) is 6.56. The summed E-state index contributed by atoms with van der Waals surface area (Å²) in [5.41, 5.74) is 1.04. The maximum Gasteiger partial charge on any atom is 0.138 e. The minimum Gasteiger partial charge on any atom is -0.367 e. The summed E-state index contributed by atoms with van der Waals surface area (Å²) >= 11 is 6.20. The number of anilines is 1. The maximum atomic E-state index is 6.20. The molecule has 0 amide bonds. The first-order chi connectivity index (χ1) is 9.11. The van der Waals surface area contributed by atoms with Crippen molar-refractivity contribution < 1.29 is 0 Å². The fourth-order valence-electron chi connectivity index (χ4n) is 2.91. The van der Waals surface area contributed by atoms with E-state index in [1.165, 1.54) is 32.1 Å². The van der Waals surface area contributed by atoms with Gasteiger partial charge in [-0.2, -0.15) is 0 Å². The molecule has 1 aliphatic carbocycles. The van der Waals surface area contributed by atoms with Gasteiger partial charge in [0.2, 0.25) is 0 Å². The summed E-state index contributed by atoms with van der Waals surface area (Å²) < 4.78 is 0. The van der Waals surface area contributed by atoms with Gasteiger partial charge in [-0.05, 0) is 37.5 Å². The van der Waals surface area contributed by atoms with Crippen molar-refractivity contribution in [3.8, 4) is 0 Å². The molecular formula is C15H24ClN3. The Kier molecular flexibility index (Phi) is 5.03. The minimum atomic E-state index is 0.336. The largest absolute Gasteiger partial charge is 0.367 e. The topological polar surface area (TPSA) is 37.8 Å². The standard InChI is InChI=1S/C15H24ClN3/c1-4-11-5-7-12(8-6-11)19-15-13(10(2)3)14(16)17-9-18-15/h9-12H,4-8H2,1-3H3,(H,17,18,19). The summed E-state index contributed by atoms with van der Waals surface area (Å²) in [6.07, 6.45) is 7.97. The van der Waals surface area contributed by atoms with E-state index in [0.29, 0.717) is 17.1 Å². The molecule has 1 aromatic rings. The van der Waals surface area contributed by atoms with Gasteiger partial charge < -0.3 is 5.32 Å². The predicted molar refractivity (Wildman–Crippen MR) is 80.8 cm³/mol. The van der Waals surface area contributed by atoms with Crippen LogP contribution in [0.2, 0.25) is 5.15 Å². The quantitative estimate of drug-likeness (QED) is 0.818. The van der Waals surface area contributed by atoms with Crippen molar-refractivity contribution in [1.29, 1.82) is 0 Å². The Morgan fingerprint density at radius 3 is 2.53 bits per heavy atom. The first kappa shape index (κ1) is 14.6. The van der Waals surface area contributed by atoms with E-state index < -0.39 is 0 Å². The van der Waals surface area contributed by atoms with Crippen molar-refractivity contribution in [2.45, 2.75) is 64.8 Å². The average molecular weight is 282 g/mol. The molecule has 1 fully saturated rings. The van der Waals surface area contributed by atoms with Gasteiger partial charge >= 0.3 is 0 Å². The minimum absolute atomic E-state index is 0.336. The van der Waals surface area contributed by atoms with E-state index in [0.717, 1.165) is 17.3 Å². The van der Waals surface area contributed by atoms with Crippen LogP contribution in [0.4, 0.5) is 5.82 Å². The molecule has 0 unspecified atom stereocenters. The van der Waals surface area contributed by atoms with Crippen LogP contribution in [0, 0.1) is 5.92 Å². The molecule has 1 heterocycles. The van der Waals surface area contributed by atoms with E-state index in [4.69, 9.17) is 11.6 Å². The molecule has 4 heteroatoms. The van der Waals surface area contributed by atoms with Crippen LogP contribution >= 0.6 is 11.6 Å². The average Bonchev–Trinajstić information content (AvgIpc) is 2.39. The van der Waals surface area contributed by atoms with Gasteiger partial charge in [-0.3, -0.25) is 0 Å². The van der Waals surface area contributed by atoms with Crippen LogP contribution in [0.5, 0.6) is 0 Å². The molecular weight excluding hydrogens is 258 g/mol.